The minimum Gasteiger partial charge on any atom is -0.494 e. The summed E-state index contributed by atoms with van der Waals surface area (Å²) in [6.07, 6.45) is -0.0854. The van der Waals surface area contributed by atoms with Crippen LogP contribution in [0.3, 0.4) is 0 Å². The topological polar surface area (TPSA) is 51.5 Å². The molecule has 0 saturated heterocycles. The predicted molar refractivity (Wildman–Crippen MR) is 65.5 cm³/mol. The highest BCUT2D eigenvalue weighted by molar-refractivity contribution is 5.90. The molecule has 4 nitrogen and oxygen atoms in total. The van der Waals surface area contributed by atoms with Crippen LogP contribution in [0.4, 0.5) is 4.39 Å². The van der Waals surface area contributed by atoms with Crippen molar-refractivity contribution in [1.82, 2.24) is 4.57 Å². The number of aliphatic carboxylic acids is 1. The van der Waals surface area contributed by atoms with E-state index in [1.165, 1.54) is 13.2 Å². The number of carboxylic acids is 1. The van der Waals surface area contributed by atoms with Gasteiger partial charge in [0.1, 0.15) is 0 Å². The van der Waals surface area contributed by atoms with Crippen LogP contribution in [0.5, 0.6) is 5.75 Å². The van der Waals surface area contributed by atoms with Gasteiger partial charge in [-0.2, -0.15) is 0 Å². The van der Waals surface area contributed by atoms with Crippen LogP contribution in [0.2, 0.25) is 0 Å². The van der Waals surface area contributed by atoms with Gasteiger partial charge in [0, 0.05) is 24.2 Å². The van der Waals surface area contributed by atoms with Crippen molar-refractivity contribution in [3.05, 3.63) is 29.2 Å². The first kappa shape index (κ1) is 12.4. The number of ether oxygens (including phenoxy) is 1. The van der Waals surface area contributed by atoms with Gasteiger partial charge in [0.2, 0.25) is 0 Å². The number of carbonyl (C=O) groups is 1. The third kappa shape index (κ3) is 1.81. The molecule has 1 N–H and O–H groups in total. The van der Waals surface area contributed by atoms with E-state index in [-0.39, 0.29) is 12.2 Å². The Morgan fingerprint density at radius 2 is 2.17 bits per heavy atom. The fourth-order valence-corrected chi connectivity index (χ4v) is 2.17. The molecule has 0 saturated carbocycles. The smallest absolute Gasteiger partial charge is 0.307 e. The van der Waals surface area contributed by atoms with Crippen LogP contribution in [0.1, 0.15) is 11.3 Å². The van der Waals surface area contributed by atoms with E-state index in [2.05, 4.69) is 0 Å². The molecule has 1 aromatic heterocycles. The Morgan fingerprint density at radius 1 is 1.50 bits per heavy atom. The monoisotopic (exact) mass is 251 g/mol. The number of halogens is 1. The number of fused-ring (bicyclic) bond motifs is 1. The third-order valence-electron chi connectivity index (χ3n) is 3.22. The van der Waals surface area contributed by atoms with Crippen LogP contribution in [-0.2, 0) is 18.3 Å². The Hall–Kier alpha value is -2.04. The van der Waals surface area contributed by atoms with Gasteiger partial charge in [0.25, 0.3) is 0 Å². The van der Waals surface area contributed by atoms with Gasteiger partial charge in [-0.25, -0.2) is 4.39 Å². The summed E-state index contributed by atoms with van der Waals surface area (Å²) in [4.78, 5) is 10.9. The lowest BCUT2D eigenvalue weighted by molar-refractivity contribution is -0.136. The highest BCUT2D eigenvalue weighted by Crippen LogP contribution is 2.31. The first-order valence-corrected chi connectivity index (χ1v) is 5.49. The first-order valence-electron chi connectivity index (χ1n) is 5.49. The molecule has 2 rings (SSSR count). The van der Waals surface area contributed by atoms with Gasteiger partial charge < -0.3 is 14.4 Å². The van der Waals surface area contributed by atoms with E-state index < -0.39 is 11.8 Å². The van der Waals surface area contributed by atoms with Gasteiger partial charge in [-0.1, -0.05) is 0 Å². The predicted octanol–water partition coefficient (Wildman–Crippen LogP) is 2.26. The summed E-state index contributed by atoms with van der Waals surface area (Å²) in [5.74, 6) is -1.24. The van der Waals surface area contributed by atoms with Crippen molar-refractivity contribution in [2.75, 3.05) is 7.11 Å². The lowest BCUT2D eigenvalue weighted by atomic mass is 10.1. The van der Waals surface area contributed by atoms with Gasteiger partial charge in [-0.3, -0.25) is 4.79 Å². The van der Waals surface area contributed by atoms with E-state index >= 15 is 0 Å². The molecule has 0 unspecified atom stereocenters. The molecule has 0 fully saturated rings. The molecule has 0 bridgehead atoms. The highest BCUT2D eigenvalue weighted by Gasteiger charge is 2.17. The molecule has 96 valence electrons. The Balaban J connectivity index is 2.77. The molecule has 5 heteroatoms. The van der Waals surface area contributed by atoms with Crippen molar-refractivity contribution in [3.63, 3.8) is 0 Å². The largest absolute Gasteiger partial charge is 0.494 e. The molecule has 18 heavy (non-hydrogen) atoms. The Bertz CT molecular complexity index is 631. The zero-order chi connectivity index (χ0) is 13.4. The van der Waals surface area contributed by atoms with Crippen molar-refractivity contribution >= 4 is 16.9 Å². The second-order valence-electron chi connectivity index (χ2n) is 4.20. The Kier molecular flexibility index (Phi) is 2.98. The van der Waals surface area contributed by atoms with E-state index in [0.717, 1.165) is 11.1 Å². The number of hydrogen-bond donors (Lipinski definition) is 1. The SMILES string of the molecule is COc1cc2c(CC(=O)O)c(C)n(C)c2cc1F. The molecule has 2 aromatic rings. The normalized spacial score (nSPS) is 10.9. The summed E-state index contributed by atoms with van der Waals surface area (Å²) in [7, 11) is 3.17. The molecule has 0 radical (unpaired) electrons. The van der Waals surface area contributed by atoms with Crippen LogP contribution < -0.4 is 4.74 Å². The van der Waals surface area contributed by atoms with Crippen LogP contribution in [-0.4, -0.2) is 22.8 Å². The molecule has 0 aliphatic rings. The highest BCUT2D eigenvalue weighted by atomic mass is 19.1. The van der Waals surface area contributed by atoms with Crippen molar-refractivity contribution in [2.45, 2.75) is 13.3 Å². The van der Waals surface area contributed by atoms with E-state index in [0.29, 0.717) is 11.1 Å². The van der Waals surface area contributed by atoms with E-state index in [1.54, 1.807) is 17.7 Å². The molecule has 0 aliphatic carbocycles. The van der Waals surface area contributed by atoms with Crippen LogP contribution >= 0.6 is 0 Å². The second-order valence-corrected chi connectivity index (χ2v) is 4.20. The molecular formula is C13H14FNO3. The average Bonchev–Trinajstić information content (AvgIpc) is 2.53. The number of rotatable bonds is 3. The Morgan fingerprint density at radius 3 is 2.72 bits per heavy atom. The maximum atomic E-state index is 13.6. The summed E-state index contributed by atoms with van der Waals surface area (Å²) in [5, 5.41) is 9.64. The number of nitrogens with zero attached hydrogens (tertiary/aromatic N) is 1. The molecular weight excluding hydrogens is 237 g/mol. The molecule has 0 amide bonds. The maximum Gasteiger partial charge on any atom is 0.307 e. The van der Waals surface area contributed by atoms with Gasteiger partial charge in [0.15, 0.2) is 11.6 Å². The maximum absolute atomic E-state index is 13.6. The van der Waals surface area contributed by atoms with Gasteiger partial charge in [-0.05, 0) is 18.6 Å². The summed E-state index contributed by atoms with van der Waals surface area (Å²) >= 11 is 0. The number of hydrogen-bond acceptors (Lipinski definition) is 2. The molecule has 1 heterocycles. The van der Waals surface area contributed by atoms with E-state index in [1.807, 2.05) is 6.92 Å². The fourth-order valence-electron chi connectivity index (χ4n) is 2.17. The summed E-state index contributed by atoms with van der Waals surface area (Å²) in [6, 6.07) is 2.92. The van der Waals surface area contributed by atoms with Crippen molar-refractivity contribution < 1.29 is 19.0 Å². The Labute approximate surface area is 104 Å². The number of benzene rings is 1. The average molecular weight is 251 g/mol. The lowest BCUT2D eigenvalue weighted by Crippen LogP contribution is -2.01. The fraction of sp³-hybridized carbons (Fsp3) is 0.308. The number of aromatic nitrogens is 1. The van der Waals surface area contributed by atoms with E-state index in [4.69, 9.17) is 9.84 Å². The van der Waals surface area contributed by atoms with Crippen LogP contribution in [0.25, 0.3) is 10.9 Å². The standard InChI is InChI=1S/C13H14FNO3/c1-7-8(5-13(16)17)9-4-12(18-3)10(14)6-11(9)15(7)2/h4,6H,5H2,1-3H3,(H,16,17). The van der Waals surface area contributed by atoms with Crippen molar-refractivity contribution in [2.24, 2.45) is 7.05 Å². The zero-order valence-electron chi connectivity index (χ0n) is 10.5. The minimum atomic E-state index is -0.908. The van der Waals surface area contributed by atoms with Gasteiger partial charge in [-0.15, -0.1) is 0 Å². The molecule has 1 aromatic carbocycles. The van der Waals surface area contributed by atoms with Crippen LogP contribution in [0.15, 0.2) is 12.1 Å². The third-order valence-corrected chi connectivity index (χ3v) is 3.22. The lowest BCUT2D eigenvalue weighted by Gasteiger charge is -2.03. The number of methoxy groups -OCH3 is 1. The summed E-state index contributed by atoms with van der Waals surface area (Å²) in [5.41, 5.74) is 2.18. The number of carboxylic acid groups (broad SMARTS) is 1. The van der Waals surface area contributed by atoms with Crippen LogP contribution in [0, 0.1) is 12.7 Å². The molecule has 0 spiro atoms. The van der Waals surface area contributed by atoms with Gasteiger partial charge >= 0.3 is 5.97 Å². The van der Waals surface area contributed by atoms with Crippen molar-refractivity contribution in [1.29, 1.82) is 0 Å². The van der Waals surface area contributed by atoms with Gasteiger partial charge in [0.05, 0.1) is 19.0 Å². The second kappa shape index (κ2) is 4.33. The first-order chi connectivity index (χ1) is 8.45. The number of aryl methyl sites for hydroxylation is 1. The molecule has 0 atom stereocenters. The minimum absolute atomic E-state index is 0.0854. The summed E-state index contributed by atoms with van der Waals surface area (Å²) in [6.45, 7) is 1.82. The zero-order valence-corrected chi connectivity index (χ0v) is 10.5. The summed E-state index contributed by atoms with van der Waals surface area (Å²) < 4.78 is 20.4. The van der Waals surface area contributed by atoms with Crippen molar-refractivity contribution in [3.8, 4) is 5.75 Å². The van der Waals surface area contributed by atoms with E-state index in [9.17, 15) is 9.18 Å². The molecule has 0 aliphatic heterocycles. The quantitative estimate of drug-likeness (QED) is 0.910.